The SMILES string of the molecule is CCCCCC(C=C[C@H]1CCC2(OCC(C)(C)CO2)[C@@H]1CCC1SCCS1)OC1CCCCO1. The summed E-state index contributed by atoms with van der Waals surface area (Å²) in [5, 5.41) is 0. The van der Waals surface area contributed by atoms with Crippen molar-refractivity contribution in [2.75, 3.05) is 31.3 Å². The number of hydrogen-bond acceptors (Lipinski definition) is 6. The van der Waals surface area contributed by atoms with Crippen LogP contribution in [0, 0.1) is 17.3 Å². The zero-order chi connectivity index (χ0) is 23.9. The maximum absolute atomic E-state index is 6.59. The van der Waals surface area contributed by atoms with Gasteiger partial charge in [0, 0.05) is 35.9 Å². The third kappa shape index (κ3) is 7.64. The number of hydrogen-bond donors (Lipinski definition) is 0. The third-order valence-electron chi connectivity index (χ3n) is 7.86. The first kappa shape index (κ1) is 27.3. The summed E-state index contributed by atoms with van der Waals surface area (Å²) < 4.78 is 26.3. The second-order valence-corrected chi connectivity index (χ2v) is 14.4. The van der Waals surface area contributed by atoms with Crippen molar-refractivity contribution in [3.05, 3.63) is 12.2 Å². The van der Waals surface area contributed by atoms with Crippen molar-refractivity contribution in [1.82, 2.24) is 0 Å². The van der Waals surface area contributed by atoms with E-state index in [-0.39, 0.29) is 23.6 Å². The third-order valence-corrected chi connectivity index (χ3v) is 11.0. The second-order valence-electron chi connectivity index (χ2n) is 11.5. The molecule has 4 rings (SSSR count). The highest BCUT2D eigenvalue weighted by atomic mass is 32.2. The molecule has 0 amide bonds. The molecule has 3 aliphatic heterocycles. The Morgan fingerprint density at radius 2 is 1.82 bits per heavy atom. The van der Waals surface area contributed by atoms with Crippen LogP contribution in [-0.2, 0) is 18.9 Å². The Kier molecular flexibility index (Phi) is 10.6. The van der Waals surface area contributed by atoms with Gasteiger partial charge in [0.2, 0.25) is 0 Å². The molecule has 4 aliphatic rings. The highest BCUT2D eigenvalue weighted by Gasteiger charge is 2.52. The van der Waals surface area contributed by atoms with Gasteiger partial charge in [0.15, 0.2) is 12.1 Å². The number of ether oxygens (including phenoxy) is 4. The van der Waals surface area contributed by atoms with Crippen LogP contribution in [0.1, 0.15) is 91.4 Å². The summed E-state index contributed by atoms with van der Waals surface area (Å²) in [7, 11) is 0. The van der Waals surface area contributed by atoms with Gasteiger partial charge < -0.3 is 18.9 Å². The minimum atomic E-state index is -0.385. The first-order chi connectivity index (χ1) is 16.5. The molecule has 0 aromatic heterocycles. The quantitative estimate of drug-likeness (QED) is 0.212. The van der Waals surface area contributed by atoms with Gasteiger partial charge in [0.1, 0.15) is 0 Å². The Morgan fingerprint density at radius 1 is 1.03 bits per heavy atom. The molecule has 0 aromatic carbocycles. The second kappa shape index (κ2) is 13.2. The van der Waals surface area contributed by atoms with Crippen LogP contribution in [0.4, 0.5) is 0 Å². The van der Waals surface area contributed by atoms with Crippen LogP contribution in [0.3, 0.4) is 0 Å². The van der Waals surface area contributed by atoms with Gasteiger partial charge in [-0.2, -0.15) is 0 Å². The first-order valence-corrected chi connectivity index (χ1v) is 16.1. The van der Waals surface area contributed by atoms with E-state index in [4.69, 9.17) is 18.9 Å². The van der Waals surface area contributed by atoms with Gasteiger partial charge in [-0.05, 0) is 50.9 Å². The smallest absolute Gasteiger partial charge is 0.171 e. The Labute approximate surface area is 217 Å². The Morgan fingerprint density at radius 3 is 2.53 bits per heavy atom. The van der Waals surface area contributed by atoms with Crippen LogP contribution >= 0.6 is 23.5 Å². The van der Waals surface area contributed by atoms with E-state index in [1.165, 1.54) is 50.0 Å². The molecule has 1 aliphatic carbocycles. The van der Waals surface area contributed by atoms with E-state index >= 15 is 0 Å². The largest absolute Gasteiger partial charge is 0.353 e. The molecule has 2 unspecified atom stereocenters. The highest BCUT2D eigenvalue weighted by Crippen LogP contribution is 2.51. The van der Waals surface area contributed by atoms with Crippen molar-refractivity contribution in [3.63, 3.8) is 0 Å². The van der Waals surface area contributed by atoms with Crippen molar-refractivity contribution in [2.24, 2.45) is 17.3 Å². The van der Waals surface area contributed by atoms with Crippen LogP contribution in [0.5, 0.6) is 0 Å². The minimum absolute atomic E-state index is 0.0283. The van der Waals surface area contributed by atoms with E-state index < -0.39 is 0 Å². The fourth-order valence-corrected chi connectivity index (χ4v) is 8.66. The van der Waals surface area contributed by atoms with E-state index in [1.807, 2.05) is 0 Å². The summed E-state index contributed by atoms with van der Waals surface area (Å²) in [5.41, 5.74) is 0.110. The standard InChI is InChI=1S/C28H48O4S2/c1-4-5-6-9-23(32-25-10-7-8-17-29-25)12-11-22-15-16-28(30-20-27(2,3)21-31-28)24(22)13-14-26-33-18-19-34-26/h11-12,22-26H,4-10,13-21H2,1-3H3/t22-,23?,24+,25?/m0/s1. The predicted octanol–water partition coefficient (Wildman–Crippen LogP) is 7.42. The van der Waals surface area contributed by atoms with E-state index in [2.05, 4.69) is 56.4 Å². The molecule has 196 valence electrons. The van der Waals surface area contributed by atoms with E-state index in [0.717, 1.165) is 56.5 Å². The molecular formula is C28H48O4S2. The number of thioether (sulfide) groups is 2. The molecule has 4 nitrogen and oxygen atoms in total. The van der Waals surface area contributed by atoms with Crippen molar-refractivity contribution in [2.45, 2.75) is 114 Å². The van der Waals surface area contributed by atoms with Gasteiger partial charge in [-0.15, -0.1) is 23.5 Å². The van der Waals surface area contributed by atoms with Gasteiger partial charge in [0.05, 0.1) is 23.9 Å². The molecule has 34 heavy (non-hydrogen) atoms. The molecular weight excluding hydrogens is 464 g/mol. The monoisotopic (exact) mass is 512 g/mol. The maximum Gasteiger partial charge on any atom is 0.171 e. The molecule has 6 heteroatoms. The summed E-state index contributed by atoms with van der Waals surface area (Å²) >= 11 is 4.28. The molecule has 0 N–H and O–H groups in total. The maximum atomic E-state index is 6.59. The number of rotatable bonds is 11. The molecule has 0 aromatic rings. The van der Waals surface area contributed by atoms with E-state index in [1.54, 1.807) is 0 Å². The Hall–Kier alpha value is 0.280. The fraction of sp³-hybridized carbons (Fsp3) is 0.929. The summed E-state index contributed by atoms with van der Waals surface area (Å²) in [5.74, 6) is 3.15. The topological polar surface area (TPSA) is 36.9 Å². The van der Waals surface area contributed by atoms with E-state index in [9.17, 15) is 0 Å². The first-order valence-electron chi connectivity index (χ1n) is 14.0. The zero-order valence-electron chi connectivity index (χ0n) is 21.8. The predicted molar refractivity (Wildman–Crippen MR) is 144 cm³/mol. The van der Waals surface area contributed by atoms with Gasteiger partial charge in [-0.1, -0.05) is 52.2 Å². The van der Waals surface area contributed by atoms with Crippen LogP contribution < -0.4 is 0 Å². The summed E-state index contributed by atoms with van der Waals surface area (Å²) in [4.78, 5) is 0. The minimum Gasteiger partial charge on any atom is -0.353 e. The molecule has 1 saturated carbocycles. The van der Waals surface area contributed by atoms with E-state index in [0.29, 0.717) is 11.8 Å². The highest BCUT2D eigenvalue weighted by molar-refractivity contribution is 8.20. The number of unbranched alkanes of at least 4 members (excludes halogenated alkanes) is 2. The Balaban J connectivity index is 1.42. The van der Waals surface area contributed by atoms with Crippen molar-refractivity contribution in [1.29, 1.82) is 0 Å². The molecule has 3 heterocycles. The molecule has 4 fully saturated rings. The normalized spacial score (nSPS) is 32.6. The lowest BCUT2D eigenvalue weighted by Crippen LogP contribution is -2.50. The lowest BCUT2D eigenvalue weighted by Gasteiger charge is -2.45. The molecule has 1 spiro atoms. The average molecular weight is 513 g/mol. The van der Waals surface area contributed by atoms with Crippen LogP contribution in [0.15, 0.2) is 12.2 Å². The lowest BCUT2D eigenvalue weighted by molar-refractivity contribution is -0.316. The number of allylic oxidation sites excluding steroid dienone is 1. The van der Waals surface area contributed by atoms with Crippen LogP contribution in [-0.4, -0.2) is 54.1 Å². The van der Waals surface area contributed by atoms with Crippen molar-refractivity contribution >= 4 is 23.5 Å². The molecule has 0 bridgehead atoms. The summed E-state index contributed by atoms with van der Waals surface area (Å²) in [6.45, 7) is 9.21. The van der Waals surface area contributed by atoms with Crippen molar-refractivity contribution < 1.29 is 18.9 Å². The van der Waals surface area contributed by atoms with Crippen LogP contribution in [0.2, 0.25) is 0 Å². The fourth-order valence-electron chi connectivity index (χ4n) is 5.80. The average Bonchev–Trinajstić information content (AvgIpc) is 3.47. The van der Waals surface area contributed by atoms with Crippen LogP contribution in [0.25, 0.3) is 0 Å². The zero-order valence-corrected chi connectivity index (χ0v) is 23.4. The summed E-state index contributed by atoms with van der Waals surface area (Å²) in [6.07, 6.45) is 17.8. The van der Waals surface area contributed by atoms with Gasteiger partial charge >= 0.3 is 0 Å². The molecule has 0 radical (unpaired) electrons. The van der Waals surface area contributed by atoms with Gasteiger partial charge in [-0.25, -0.2) is 0 Å². The summed E-state index contributed by atoms with van der Waals surface area (Å²) in [6, 6.07) is 0. The lowest BCUT2D eigenvalue weighted by atomic mass is 9.86. The molecule has 4 atom stereocenters. The van der Waals surface area contributed by atoms with Crippen molar-refractivity contribution in [3.8, 4) is 0 Å². The molecule has 3 saturated heterocycles. The van der Waals surface area contributed by atoms with Gasteiger partial charge in [-0.3, -0.25) is 0 Å². The van der Waals surface area contributed by atoms with Gasteiger partial charge in [0.25, 0.3) is 0 Å². The Bertz CT molecular complexity index is 618.